The molecule has 3 saturated heterocycles. The Morgan fingerprint density at radius 3 is 2.80 bits per heavy atom. The van der Waals surface area contributed by atoms with Crippen molar-refractivity contribution in [2.45, 2.75) is 30.9 Å². The molecule has 0 bridgehead atoms. The smallest absolute Gasteiger partial charge is 0.410 e. The lowest BCUT2D eigenvalue weighted by Gasteiger charge is -2.38. The highest BCUT2D eigenvalue weighted by atomic mass is 16.6. The molecule has 1 atom stereocenters. The summed E-state index contributed by atoms with van der Waals surface area (Å²) in [4.78, 5) is 37.4. The standard InChI is InChI=1S/C20H30N8O2/c1-25(2)15-3-6-26(11-15)9-10-28-12-20(30-19(28)29)4-7-27(8-5-20)18-16-17(22-13-21-16)23-14-24-18/h13-15H,3-12H2,1-2H3,(H,21,22,23,24)/t15-/m0/s1. The molecule has 10 heteroatoms. The Morgan fingerprint density at radius 2 is 2.03 bits per heavy atom. The number of fused-ring (bicyclic) bond motifs is 1. The van der Waals surface area contributed by atoms with E-state index in [2.05, 4.69) is 48.7 Å². The van der Waals surface area contributed by atoms with Gasteiger partial charge in [0.1, 0.15) is 17.4 Å². The Labute approximate surface area is 176 Å². The summed E-state index contributed by atoms with van der Waals surface area (Å²) >= 11 is 0. The van der Waals surface area contributed by atoms with Gasteiger partial charge in [-0.3, -0.25) is 4.90 Å². The highest BCUT2D eigenvalue weighted by molar-refractivity contribution is 5.82. The fraction of sp³-hybridized carbons (Fsp3) is 0.700. The van der Waals surface area contributed by atoms with E-state index in [1.54, 1.807) is 12.7 Å². The van der Waals surface area contributed by atoms with Gasteiger partial charge in [0.2, 0.25) is 0 Å². The number of piperidine rings is 1. The van der Waals surface area contributed by atoms with E-state index in [-0.39, 0.29) is 11.7 Å². The number of imidazole rings is 1. The van der Waals surface area contributed by atoms with Crippen LogP contribution >= 0.6 is 0 Å². The Kier molecular flexibility index (Phi) is 4.98. The maximum absolute atomic E-state index is 12.5. The number of carbonyl (C=O) groups excluding carboxylic acids is 1. The van der Waals surface area contributed by atoms with Crippen LogP contribution < -0.4 is 4.90 Å². The first kappa shape index (κ1) is 19.5. The van der Waals surface area contributed by atoms with Crippen molar-refractivity contribution in [1.29, 1.82) is 0 Å². The molecule has 0 aromatic carbocycles. The van der Waals surface area contributed by atoms with Crippen molar-refractivity contribution >= 4 is 23.1 Å². The lowest BCUT2D eigenvalue weighted by Crippen LogP contribution is -2.47. The lowest BCUT2D eigenvalue weighted by molar-refractivity contribution is 0.0366. The summed E-state index contributed by atoms with van der Waals surface area (Å²) in [6.07, 6.45) is 5.85. The zero-order valence-electron chi connectivity index (χ0n) is 17.8. The topological polar surface area (TPSA) is 93.7 Å². The first-order valence-electron chi connectivity index (χ1n) is 10.8. The number of carbonyl (C=O) groups is 1. The average molecular weight is 415 g/mol. The summed E-state index contributed by atoms with van der Waals surface area (Å²) in [5.74, 6) is 0.873. The molecule has 10 nitrogen and oxygen atoms in total. The molecule has 0 saturated carbocycles. The summed E-state index contributed by atoms with van der Waals surface area (Å²) in [5, 5.41) is 0. The van der Waals surface area contributed by atoms with Crippen molar-refractivity contribution < 1.29 is 9.53 Å². The molecule has 1 spiro atoms. The van der Waals surface area contributed by atoms with E-state index in [9.17, 15) is 4.79 Å². The van der Waals surface area contributed by atoms with E-state index < -0.39 is 0 Å². The van der Waals surface area contributed by atoms with Crippen LogP contribution in [0.1, 0.15) is 19.3 Å². The maximum Gasteiger partial charge on any atom is 0.410 e. The molecule has 30 heavy (non-hydrogen) atoms. The van der Waals surface area contributed by atoms with Gasteiger partial charge in [-0.2, -0.15) is 0 Å². The number of ether oxygens (including phenoxy) is 1. The number of likely N-dealkylation sites (tertiary alicyclic amines) is 1. The number of H-pyrrole nitrogens is 1. The molecule has 0 aliphatic carbocycles. The van der Waals surface area contributed by atoms with E-state index in [0.29, 0.717) is 18.2 Å². The monoisotopic (exact) mass is 414 g/mol. The predicted molar refractivity (Wildman–Crippen MR) is 112 cm³/mol. The Balaban J connectivity index is 1.17. The van der Waals surface area contributed by atoms with Crippen LogP contribution in [-0.2, 0) is 4.74 Å². The summed E-state index contributed by atoms with van der Waals surface area (Å²) in [6.45, 7) is 6.12. The third-order valence-corrected chi connectivity index (χ3v) is 6.88. The quantitative estimate of drug-likeness (QED) is 0.767. The SMILES string of the molecule is CN(C)[C@H]1CCN(CCN2CC3(CCN(c4ncnc5nc[nH]c45)CC3)OC2=O)C1. The van der Waals surface area contributed by atoms with Crippen LogP contribution in [0.3, 0.4) is 0 Å². The van der Waals surface area contributed by atoms with E-state index in [0.717, 1.165) is 63.4 Å². The van der Waals surface area contributed by atoms with E-state index >= 15 is 0 Å². The number of nitrogens with one attached hydrogen (secondary N) is 1. The summed E-state index contributed by atoms with van der Waals surface area (Å²) in [6, 6.07) is 0.620. The minimum absolute atomic E-state index is 0.162. The Hall–Kier alpha value is -2.46. The highest BCUT2D eigenvalue weighted by Crippen LogP contribution is 2.35. The van der Waals surface area contributed by atoms with Crippen LogP contribution in [0.4, 0.5) is 10.6 Å². The molecule has 2 aromatic rings. The third kappa shape index (κ3) is 3.58. The summed E-state index contributed by atoms with van der Waals surface area (Å²) < 4.78 is 5.91. The van der Waals surface area contributed by atoms with Crippen molar-refractivity contribution in [3.63, 3.8) is 0 Å². The van der Waals surface area contributed by atoms with Crippen molar-refractivity contribution in [2.75, 3.05) is 64.8 Å². The normalized spacial score (nSPS) is 24.5. The van der Waals surface area contributed by atoms with Crippen LogP contribution in [0.2, 0.25) is 0 Å². The predicted octanol–water partition coefficient (Wildman–Crippen LogP) is 0.780. The fourth-order valence-corrected chi connectivity index (χ4v) is 4.94. The summed E-state index contributed by atoms with van der Waals surface area (Å²) in [7, 11) is 4.28. The van der Waals surface area contributed by atoms with E-state index in [1.165, 1.54) is 6.42 Å². The maximum atomic E-state index is 12.5. The third-order valence-electron chi connectivity index (χ3n) is 6.88. The Bertz CT molecular complexity index is 907. The molecular formula is C20H30N8O2. The van der Waals surface area contributed by atoms with Gasteiger partial charge >= 0.3 is 6.09 Å². The largest absolute Gasteiger partial charge is 0.441 e. The molecule has 3 fully saturated rings. The average Bonchev–Trinajstić information content (AvgIpc) is 3.46. The first-order chi connectivity index (χ1) is 14.5. The number of aromatic nitrogens is 4. The molecule has 2 aromatic heterocycles. The minimum Gasteiger partial charge on any atom is -0.441 e. The second-order valence-corrected chi connectivity index (χ2v) is 8.96. The van der Waals surface area contributed by atoms with Gasteiger partial charge in [-0.05, 0) is 27.1 Å². The summed E-state index contributed by atoms with van der Waals surface area (Å²) in [5.41, 5.74) is 1.17. The van der Waals surface area contributed by atoms with E-state index in [4.69, 9.17) is 4.74 Å². The van der Waals surface area contributed by atoms with Gasteiger partial charge in [0.15, 0.2) is 11.5 Å². The Morgan fingerprint density at radius 1 is 1.20 bits per heavy atom. The van der Waals surface area contributed by atoms with Crippen LogP contribution in [-0.4, -0.2) is 112 Å². The number of rotatable bonds is 5. The van der Waals surface area contributed by atoms with Crippen LogP contribution in [0.15, 0.2) is 12.7 Å². The van der Waals surface area contributed by atoms with Gasteiger partial charge in [0.25, 0.3) is 0 Å². The zero-order chi connectivity index (χ0) is 20.7. The number of nitrogens with zero attached hydrogens (tertiary/aromatic N) is 7. The molecule has 1 N–H and O–H groups in total. The van der Waals surface area contributed by atoms with Gasteiger partial charge in [0, 0.05) is 51.6 Å². The van der Waals surface area contributed by atoms with Crippen molar-refractivity contribution in [3.8, 4) is 0 Å². The van der Waals surface area contributed by atoms with Gasteiger partial charge in [-0.1, -0.05) is 0 Å². The minimum atomic E-state index is -0.370. The number of hydrogen-bond donors (Lipinski definition) is 1. The first-order valence-corrected chi connectivity index (χ1v) is 10.8. The van der Waals surface area contributed by atoms with Crippen molar-refractivity contribution in [2.24, 2.45) is 0 Å². The highest BCUT2D eigenvalue weighted by Gasteiger charge is 2.47. The van der Waals surface area contributed by atoms with E-state index in [1.807, 2.05) is 4.90 Å². The molecule has 1 amide bonds. The molecule has 3 aliphatic heterocycles. The number of likely N-dealkylation sites (N-methyl/N-ethyl adjacent to an activating group) is 1. The molecular weight excluding hydrogens is 384 g/mol. The molecule has 5 rings (SSSR count). The van der Waals surface area contributed by atoms with Crippen molar-refractivity contribution in [1.82, 2.24) is 34.6 Å². The van der Waals surface area contributed by atoms with Gasteiger partial charge in [-0.15, -0.1) is 0 Å². The van der Waals surface area contributed by atoms with Crippen LogP contribution in [0.5, 0.6) is 0 Å². The number of anilines is 1. The van der Waals surface area contributed by atoms with Gasteiger partial charge < -0.3 is 24.4 Å². The number of amides is 1. The number of aromatic amines is 1. The number of hydrogen-bond acceptors (Lipinski definition) is 8. The van der Waals surface area contributed by atoms with Crippen LogP contribution in [0, 0.1) is 0 Å². The zero-order valence-corrected chi connectivity index (χ0v) is 17.8. The molecule has 0 unspecified atom stereocenters. The molecule has 5 heterocycles. The lowest BCUT2D eigenvalue weighted by atomic mass is 9.91. The van der Waals surface area contributed by atoms with Crippen molar-refractivity contribution in [3.05, 3.63) is 12.7 Å². The molecule has 0 radical (unpaired) electrons. The second-order valence-electron chi connectivity index (χ2n) is 8.96. The fourth-order valence-electron chi connectivity index (χ4n) is 4.94. The van der Waals surface area contributed by atoms with Gasteiger partial charge in [0.05, 0.1) is 12.9 Å². The second kappa shape index (κ2) is 7.66. The van der Waals surface area contributed by atoms with Gasteiger partial charge in [-0.25, -0.2) is 19.7 Å². The molecule has 3 aliphatic rings. The molecule has 162 valence electrons. The van der Waals surface area contributed by atoms with Crippen LogP contribution in [0.25, 0.3) is 11.2 Å².